The van der Waals surface area contributed by atoms with Gasteiger partial charge in [0.05, 0.1) is 21.9 Å². The van der Waals surface area contributed by atoms with E-state index in [0.29, 0.717) is 15.9 Å². The Hall–Kier alpha value is -1.72. The van der Waals surface area contributed by atoms with Crippen LogP contribution in [0.25, 0.3) is 11.3 Å². The van der Waals surface area contributed by atoms with Gasteiger partial charge in [-0.05, 0) is 18.1 Å². The molecule has 2 aromatic rings. The van der Waals surface area contributed by atoms with Gasteiger partial charge in [-0.3, -0.25) is 0 Å². The number of nitrogens with zero attached hydrogens (tertiary/aromatic N) is 1. The first-order valence-corrected chi connectivity index (χ1v) is 7.10. The number of ether oxygens (including phenoxy) is 1. The van der Waals surface area contributed by atoms with Crippen LogP contribution in [0.15, 0.2) is 24.4 Å². The van der Waals surface area contributed by atoms with Crippen molar-refractivity contribution in [1.82, 2.24) is 9.97 Å². The number of rotatable bonds is 4. The number of amides is 1. The lowest BCUT2D eigenvalue weighted by atomic mass is 10.1. The third kappa shape index (κ3) is 3.68. The number of nitrogens with one attached hydrogen (secondary N) is 1. The fraction of sp³-hybridized carbons (Fsp3) is 0.286. The Morgan fingerprint density at radius 2 is 2.05 bits per heavy atom. The summed E-state index contributed by atoms with van der Waals surface area (Å²) in [5, 5.41) is 0.941. The summed E-state index contributed by atoms with van der Waals surface area (Å²) >= 11 is 11.9. The van der Waals surface area contributed by atoms with Crippen LogP contribution in [0.5, 0.6) is 0 Å². The van der Waals surface area contributed by atoms with Gasteiger partial charge in [-0.1, -0.05) is 43.1 Å². The second-order valence-electron chi connectivity index (χ2n) is 4.91. The van der Waals surface area contributed by atoms with E-state index in [1.165, 1.54) is 0 Å². The van der Waals surface area contributed by atoms with Crippen molar-refractivity contribution in [2.24, 2.45) is 11.7 Å². The van der Waals surface area contributed by atoms with E-state index >= 15 is 0 Å². The molecular weight excluding hydrogens is 313 g/mol. The second kappa shape index (κ2) is 6.37. The van der Waals surface area contributed by atoms with E-state index in [0.717, 1.165) is 11.3 Å². The van der Waals surface area contributed by atoms with Gasteiger partial charge in [-0.2, -0.15) is 0 Å². The maximum Gasteiger partial charge on any atom is 0.405 e. The van der Waals surface area contributed by atoms with Crippen molar-refractivity contribution in [1.29, 1.82) is 0 Å². The van der Waals surface area contributed by atoms with E-state index in [4.69, 9.17) is 33.7 Å². The summed E-state index contributed by atoms with van der Waals surface area (Å²) in [6.45, 7) is 3.82. The minimum Gasteiger partial charge on any atom is -0.438 e. The van der Waals surface area contributed by atoms with Gasteiger partial charge in [0.1, 0.15) is 5.82 Å². The van der Waals surface area contributed by atoms with Crippen molar-refractivity contribution < 1.29 is 9.53 Å². The number of carbonyl (C=O) groups is 1. The minimum atomic E-state index is -0.832. The van der Waals surface area contributed by atoms with Crippen LogP contribution in [0.3, 0.4) is 0 Å². The molecule has 0 saturated heterocycles. The number of benzene rings is 1. The average molecular weight is 328 g/mol. The van der Waals surface area contributed by atoms with E-state index in [-0.39, 0.29) is 5.92 Å². The lowest BCUT2D eigenvalue weighted by Gasteiger charge is -2.17. The summed E-state index contributed by atoms with van der Waals surface area (Å²) in [6.07, 6.45) is 0.287. The molecule has 0 fully saturated rings. The highest BCUT2D eigenvalue weighted by molar-refractivity contribution is 6.42. The predicted octanol–water partition coefficient (Wildman–Crippen LogP) is 4.18. The molecule has 2 rings (SSSR count). The van der Waals surface area contributed by atoms with E-state index < -0.39 is 12.2 Å². The molecule has 0 spiro atoms. The van der Waals surface area contributed by atoms with Crippen molar-refractivity contribution in [2.45, 2.75) is 20.0 Å². The van der Waals surface area contributed by atoms with Crippen LogP contribution < -0.4 is 5.73 Å². The third-order valence-corrected chi connectivity index (χ3v) is 3.68. The maximum absolute atomic E-state index is 11.0. The Morgan fingerprint density at radius 3 is 2.62 bits per heavy atom. The molecule has 0 aliphatic carbocycles. The molecule has 112 valence electrons. The molecule has 1 aromatic carbocycles. The van der Waals surface area contributed by atoms with Gasteiger partial charge in [-0.25, -0.2) is 9.78 Å². The molecule has 1 atom stereocenters. The standard InChI is InChI=1S/C14H15Cl2N3O2/c1-7(2)12(21-14(17)20)13-18-6-11(19-13)8-3-4-9(15)10(16)5-8/h3-7,12H,1-2H3,(H2,17,20)(H,18,19)/t12-/m0/s1. The number of nitrogens with two attached hydrogens (primary N) is 1. The summed E-state index contributed by atoms with van der Waals surface area (Å²) in [5.74, 6) is 0.565. The van der Waals surface area contributed by atoms with E-state index in [2.05, 4.69) is 9.97 Å². The molecule has 0 unspecified atom stereocenters. The van der Waals surface area contributed by atoms with Gasteiger partial charge < -0.3 is 15.5 Å². The Morgan fingerprint density at radius 1 is 1.33 bits per heavy atom. The van der Waals surface area contributed by atoms with Gasteiger partial charge in [0, 0.05) is 5.56 Å². The molecule has 3 N–H and O–H groups in total. The molecule has 1 aromatic heterocycles. The SMILES string of the molecule is CC(C)[C@H](OC(N)=O)c1ncc(-c2ccc(Cl)c(Cl)c2)[nH]1. The molecule has 0 saturated carbocycles. The van der Waals surface area contributed by atoms with E-state index in [1.807, 2.05) is 19.9 Å². The number of carbonyl (C=O) groups excluding carboxylic acids is 1. The first kappa shape index (κ1) is 15.7. The van der Waals surface area contributed by atoms with Crippen LogP contribution in [-0.4, -0.2) is 16.1 Å². The number of imidazole rings is 1. The predicted molar refractivity (Wildman–Crippen MR) is 82.3 cm³/mol. The number of aromatic amines is 1. The lowest BCUT2D eigenvalue weighted by Crippen LogP contribution is -2.21. The van der Waals surface area contributed by atoms with E-state index in [1.54, 1.807) is 18.3 Å². The highest BCUT2D eigenvalue weighted by atomic mass is 35.5. The molecule has 0 radical (unpaired) electrons. The first-order valence-electron chi connectivity index (χ1n) is 6.35. The van der Waals surface area contributed by atoms with Gasteiger partial charge in [0.2, 0.25) is 0 Å². The van der Waals surface area contributed by atoms with E-state index in [9.17, 15) is 4.79 Å². The van der Waals surface area contributed by atoms with Crippen LogP contribution in [0.2, 0.25) is 10.0 Å². The average Bonchev–Trinajstić information content (AvgIpc) is 2.88. The number of hydrogen-bond donors (Lipinski definition) is 2. The van der Waals surface area contributed by atoms with Crippen LogP contribution in [0, 0.1) is 5.92 Å². The molecule has 0 aliphatic heterocycles. The molecule has 1 heterocycles. The van der Waals surface area contributed by atoms with Gasteiger partial charge in [0.25, 0.3) is 0 Å². The maximum atomic E-state index is 11.0. The number of aromatic nitrogens is 2. The number of primary amides is 1. The fourth-order valence-corrected chi connectivity index (χ4v) is 2.22. The van der Waals surface area contributed by atoms with Crippen molar-refractivity contribution in [2.75, 3.05) is 0 Å². The second-order valence-corrected chi connectivity index (χ2v) is 5.73. The molecule has 0 bridgehead atoms. The Labute approximate surface area is 132 Å². The first-order chi connectivity index (χ1) is 9.88. The zero-order chi connectivity index (χ0) is 15.6. The van der Waals surface area contributed by atoms with Crippen molar-refractivity contribution in [3.05, 3.63) is 40.3 Å². The van der Waals surface area contributed by atoms with Crippen LogP contribution in [0.4, 0.5) is 4.79 Å². The van der Waals surface area contributed by atoms with Gasteiger partial charge in [-0.15, -0.1) is 0 Å². The molecule has 1 amide bonds. The molecule has 5 nitrogen and oxygen atoms in total. The van der Waals surface area contributed by atoms with Crippen molar-refractivity contribution in [3.8, 4) is 11.3 Å². The zero-order valence-corrected chi connectivity index (χ0v) is 13.1. The normalized spacial score (nSPS) is 12.4. The van der Waals surface area contributed by atoms with Crippen LogP contribution in [0.1, 0.15) is 25.8 Å². The Kier molecular flexibility index (Phi) is 4.75. The fourth-order valence-electron chi connectivity index (χ4n) is 1.92. The van der Waals surface area contributed by atoms with Crippen molar-refractivity contribution in [3.63, 3.8) is 0 Å². The summed E-state index contributed by atoms with van der Waals surface area (Å²) in [4.78, 5) is 18.3. The number of hydrogen-bond acceptors (Lipinski definition) is 3. The quantitative estimate of drug-likeness (QED) is 0.883. The summed E-state index contributed by atoms with van der Waals surface area (Å²) in [6, 6.07) is 5.27. The summed E-state index contributed by atoms with van der Waals surface area (Å²) < 4.78 is 5.09. The Balaban J connectivity index is 2.31. The third-order valence-electron chi connectivity index (χ3n) is 2.94. The van der Waals surface area contributed by atoms with Gasteiger partial charge >= 0.3 is 6.09 Å². The monoisotopic (exact) mass is 327 g/mol. The highest BCUT2D eigenvalue weighted by Gasteiger charge is 2.22. The zero-order valence-electron chi connectivity index (χ0n) is 11.6. The largest absolute Gasteiger partial charge is 0.438 e. The molecular formula is C14H15Cl2N3O2. The van der Waals surface area contributed by atoms with Gasteiger partial charge in [0.15, 0.2) is 6.10 Å². The number of halogens is 2. The summed E-state index contributed by atoms with van der Waals surface area (Å²) in [7, 11) is 0. The molecule has 21 heavy (non-hydrogen) atoms. The topological polar surface area (TPSA) is 81.0 Å². The molecule has 0 aliphatic rings. The highest BCUT2D eigenvalue weighted by Crippen LogP contribution is 2.30. The van der Waals surface area contributed by atoms with Crippen LogP contribution in [-0.2, 0) is 4.74 Å². The lowest BCUT2D eigenvalue weighted by molar-refractivity contribution is 0.0733. The number of H-pyrrole nitrogens is 1. The smallest absolute Gasteiger partial charge is 0.405 e. The summed E-state index contributed by atoms with van der Waals surface area (Å²) in [5.41, 5.74) is 6.68. The minimum absolute atomic E-state index is 0.0327. The Bertz CT molecular complexity index is 655. The van der Waals surface area contributed by atoms with Crippen molar-refractivity contribution >= 4 is 29.3 Å². The molecule has 7 heteroatoms. The van der Waals surface area contributed by atoms with Crippen LogP contribution >= 0.6 is 23.2 Å².